The lowest BCUT2D eigenvalue weighted by atomic mass is 10.1. The third kappa shape index (κ3) is 3.71. The molecule has 98 valence electrons. The number of nitrogens with zero attached hydrogens (tertiary/aromatic N) is 2. The molecule has 1 heterocycles. The predicted molar refractivity (Wildman–Crippen MR) is 73.7 cm³/mol. The molecule has 1 atom stereocenters. The second-order valence-electron chi connectivity index (χ2n) is 4.46. The first kappa shape index (κ1) is 14.5. The van der Waals surface area contributed by atoms with Gasteiger partial charge in [0.05, 0.1) is 16.4 Å². The summed E-state index contributed by atoms with van der Waals surface area (Å²) in [4.78, 5) is 0. The monoisotopic (exact) mass is 257 g/mol. The Kier molecular flexibility index (Phi) is 6.00. The van der Waals surface area contributed by atoms with Crippen molar-refractivity contribution in [1.29, 1.82) is 0 Å². The number of aromatic nitrogens is 2. The van der Waals surface area contributed by atoms with E-state index in [9.17, 15) is 0 Å². The van der Waals surface area contributed by atoms with Gasteiger partial charge < -0.3 is 5.32 Å². The van der Waals surface area contributed by atoms with Gasteiger partial charge in [-0.2, -0.15) is 5.10 Å². The molecule has 4 heteroatoms. The lowest BCUT2D eigenvalue weighted by Gasteiger charge is -2.10. The largest absolute Gasteiger partial charge is 0.317 e. The maximum atomic E-state index is 6.36. The Bertz CT molecular complexity index is 347. The fraction of sp³-hybridized carbons (Fsp3) is 0.769. The van der Waals surface area contributed by atoms with E-state index in [0.717, 1.165) is 36.5 Å². The van der Waals surface area contributed by atoms with Gasteiger partial charge in [0.1, 0.15) is 0 Å². The molecule has 0 spiro atoms. The molecule has 0 saturated carbocycles. The number of hydrogen-bond acceptors (Lipinski definition) is 2. The van der Waals surface area contributed by atoms with Crippen LogP contribution in [0.1, 0.15) is 45.0 Å². The quantitative estimate of drug-likeness (QED) is 0.814. The van der Waals surface area contributed by atoms with E-state index in [2.05, 4.69) is 31.2 Å². The van der Waals surface area contributed by atoms with E-state index in [1.54, 1.807) is 0 Å². The summed E-state index contributed by atoms with van der Waals surface area (Å²) in [5.41, 5.74) is 2.24. The smallest absolute Gasteiger partial charge is 0.0849 e. The van der Waals surface area contributed by atoms with Crippen LogP contribution < -0.4 is 5.32 Å². The van der Waals surface area contributed by atoms with Gasteiger partial charge in [0.2, 0.25) is 0 Å². The summed E-state index contributed by atoms with van der Waals surface area (Å²) in [6, 6.07) is 0.567. The number of halogens is 1. The summed E-state index contributed by atoms with van der Waals surface area (Å²) in [5.74, 6) is 0. The summed E-state index contributed by atoms with van der Waals surface area (Å²) >= 11 is 6.36. The van der Waals surface area contributed by atoms with Gasteiger partial charge in [-0.25, -0.2) is 0 Å². The van der Waals surface area contributed by atoms with Crippen molar-refractivity contribution in [1.82, 2.24) is 15.1 Å². The SMILES string of the molecule is CCc1nn(CC)c(CCCC(C)NC)c1Cl. The van der Waals surface area contributed by atoms with Gasteiger partial charge in [-0.15, -0.1) is 0 Å². The van der Waals surface area contributed by atoms with Gasteiger partial charge >= 0.3 is 0 Å². The number of nitrogens with one attached hydrogen (secondary N) is 1. The molecule has 1 rings (SSSR count). The summed E-state index contributed by atoms with van der Waals surface area (Å²) in [5, 5.41) is 8.67. The highest BCUT2D eigenvalue weighted by atomic mass is 35.5. The average Bonchev–Trinajstić information content (AvgIpc) is 2.65. The van der Waals surface area contributed by atoms with E-state index in [0.29, 0.717) is 6.04 Å². The predicted octanol–water partition coefficient (Wildman–Crippen LogP) is 3.05. The Morgan fingerprint density at radius 3 is 2.65 bits per heavy atom. The molecular weight excluding hydrogens is 234 g/mol. The van der Waals surface area contributed by atoms with Crippen LogP contribution in [0.25, 0.3) is 0 Å². The van der Waals surface area contributed by atoms with Crippen molar-refractivity contribution < 1.29 is 0 Å². The summed E-state index contributed by atoms with van der Waals surface area (Å²) in [6.07, 6.45) is 4.25. The molecule has 0 fully saturated rings. The van der Waals surface area contributed by atoms with Crippen molar-refractivity contribution in [3.8, 4) is 0 Å². The lowest BCUT2D eigenvalue weighted by molar-refractivity contribution is 0.527. The van der Waals surface area contributed by atoms with Gasteiger partial charge in [-0.05, 0) is 46.6 Å². The van der Waals surface area contributed by atoms with Gasteiger partial charge in [0.25, 0.3) is 0 Å². The Morgan fingerprint density at radius 1 is 1.41 bits per heavy atom. The van der Waals surface area contributed by atoms with Crippen molar-refractivity contribution >= 4 is 11.6 Å². The van der Waals surface area contributed by atoms with Gasteiger partial charge in [-0.1, -0.05) is 18.5 Å². The van der Waals surface area contributed by atoms with E-state index in [4.69, 9.17) is 11.6 Å². The zero-order chi connectivity index (χ0) is 12.8. The van der Waals surface area contributed by atoms with Gasteiger partial charge in [-0.3, -0.25) is 4.68 Å². The zero-order valence-electron chi connectivity index (χ0n) is 11.4. The van der Waals surface area contributed by atoms with E-state index < -0.39 is 0 Å². The molecule has 0 aromatic carbocycles. The standard InChI is InChI=1S/C13H24ClN3/c1-5-11-13(14)12(17(6-2)16-11)9-7-8-10(3)15-4/h10,15H,5-9H2,1-4H3. The third-order valence-electron chi connectivity index (χ3n) is 3.24. The minimum atomic E-state index is 0.567. The second-order valence-corrected chi connectivity index (χ2v) is 4.84. The molecule has 1 N–H and O–H groups in total. The maximum Gasteiger partial charge on any atom is 0.0849 e. The third-order valence-corrected chi connectivity index (χ3v) is 3.67. The van der Waals surface area contributed by atoms with Gasteiger partial charge in [0.15, 0.2) is 0 Å². The van der Waals surface area contributed by atoms with Crippen LogP contribution >= 0.6 is 11.6 Å². The highest BCUT2D eigenvalue weighted by Crippen LogP contribution is 2.23. The maximum absolute atomic E-state index is 6.36. The van der Waals surface area contributed by atoms with Crippen molar-refractivity contribution in [2.75, 3.05) is 7.05 Å². The van der Waals surface area contributed by atoms with Crippen LogP contribution in [0, 0.1) is 0 Å². The molecule has 0 amide bonds. The number of rotatable bonds is 7. The van der Waals surface area contributed by atoms with Crippen molar-refractivity contribution in [2.45, 2.75) is 59.0 Å². The molecule has 1 aromatic rings. The fourth-order valence-corrected chi connectivity index (χ4v) is 2.34. The van der Waals surface area contributed by atoms with Crippen molar-refractivity contribution in [3.63, 3.8) is 0 Å². The number of hydrogen-bond donors (Lipinski definition) is 1. The first-order valence-corrected chi connectivity index (χ1v) is 6.93. The van der Waals surface area contributed by atoms with Crippen LogP contribution in [-0.2, 0) is 19.4 Å². The fourth-order valence-electron chi connectivity index (χ4n) is 1.98. The highest BCUT2D eigenvalue weighted by molar-refractivity contribution is 6.31. The van der Waals surface area contributed by atoms with E-state index >= 15 is 0 Å². The van der Waals surface area contributed by atoms with Crippen LogP contribution in [0.3, 0.4) is 0 Å². The van der Waals surface area contributed by atoms with Crippen LogP contribution in [0.5, 0.6) is 0 Å². The first-order chi connectivity index (χ1) is 8.13. The normalized spacial score (nSPS) is 13.0. The zero-order valence-corrected chi connectivity index (χ0v) is 12.1. The summed E-state index contributed by atoms with van der Waals surface area (Å²) in [6.45, 7) is 7.32. The Morgan fingerprint density at radius 2 is 2.12 bits per heavy atom. The second kappa shape index (κ2) is 7.02. The van der Waals surface area contributed by atoms with E-state index in [1.807, 2.05) is 11.7 Å². The number of aryl methyl sites for hydroxylation is 2. The Labute approximate surface area is 110 Å². The molecular formula is C13H24ClN3. The minimum absolute atomic E-state index is 0.567. The van der Waals surface area contributed by atoms with Crippen LogP contribution in [-0.4, -0.2) is 22.9 Å². The Balaban J connectivity index is 2.66. The van der Waals surface area contributed by atoms with Crippen LogP contribution in [0.15, 0.2) is 0 Å². The Hall–Kier alpha value is -0.540. The molecule has 1 unspecified atom stereocenters. The lowest BCUT2D eigenvalue weighted by Crippen LogP contribution is -2.21. The molecule has 17 heavy (non-hydrogen) atoms. The molecule has 0 aliphatic rings. The molecule has 0 bridgehead atoms. The highest BCUT2D eigenvalue weighted by Gasteiger charge is 2.13. The van der Waals surface area contributed by atoms with Crippen molar-refractivity contribution in [2.24, 2.45) is 0 Å². The first-order valence-electron chi connectivity index (χ1n) is 6.55. The minimum Gasteiger partial charge on any atom is -0.317 e. The molecule has 0 radical (unpaired) electrons. The molecule has 0 saturated heterocycles. The summed E-state index contributed by atoms with van der Waals surface area (Å²) in [7, 11) is 2.00. The van der Waals surface area contributed by atoms with Gasteiger partial charge in [0, 0.05) is 12.6 Å². The molecule has 3 nitrogen and oxygen atoms in total. The molecule has 0 aliphatic heterocycles. The molecule has 0 aliphatic carbocycles. The molecule has 1 aromatic heterocycles. The van der Waals surface area contributed by atoms with E-state index in [1.165, 1.54) is 12.1 Å². The van der Waals surface area contributed by atoms with Crippen LogP contribution in [0.4, 0.5) is 0 Å². The van der Waals surface area contributed by atoms with Crippen molar-refractivity contribution in [3.05, 3.63) is 16.4 Å². The van der Waals surface area contributed by atoms with E-state index in [-0.39, 0.29) is 0 Å². The topological polar surface area (TPSA) is 29.9 Å². The van der Waals surface area contributed by atoms with Crippen LogP contribution in [0.2, 0.25) is 5.02 Å². The average molecular weight is 258 g/mol. The summed E-state index contributed by atoms with van der Waals surface area (Å²) < 4.78 is 2.05.